The molecule has 1 heterocycles. The molecule has 3 nitrogen and oxygen atoms in total. The summed E-state index contributed by atoms with van der Waals surface area (Å²) < 4.78 is 1.80. The van der Waals surface area contributed by atoms with Crippen molar-refractivity contribution < 1.29 is 0 Å². The molecule has 1 unspecified atom stereocenters. The van der Waals surface area contributed by atoms with Crippen LogP contribution in [0.1, 0.15) is 24.2 Å². The standard InChI is InChI=1S/C14H16Cl3N3/c1-3-18-13(14-12(17)8-19-20(14)2)7-9-4-5-10(15)11(16)6-9/h4-6,8,13,18H,3,7H2,1-2H3. The van der Waals surface area contributed by atoms with Gasteiger partial charge in [-0.2, -0.15) is 5.10 Å². The number of aryl methyl sites for hydroxylation is 1. The van der Waals surface area contributed by atoms with Crippen molar-refractivity contribution in [3.05, 3.63) is 50.7 Å². The van der Waals surface area contributed by atoms with E-state index in [9.17, 15) is 0 Å². The molecule has 0 aliphatic carbocycles. The first kappa shape index (κ1) is 15.6. The second-order valence-corrected chi connectivity index (χ2v) is 5.79. The molecule has 0 fully saturated rings. The zero-order valence-electron chi connectivity index (χ0n) is 11.3. The van der Waals surface area contributed by atoms with Gasteiger partial charge in [0.15, 0.2) is 0 Å². The molecule has 108 valence electrons. The highest BCUT2D eigenvalue weighted by molar-refractivity contribution is 6.42. The second kappa shape index (κ2) is 6.81. The summed E-state index contributed by atoms with van der Waals surface area (Å²) in [5.74, 6) is 0. The predicted molar refractivity (Wildman–Crippen MR) is 84.8 cm³/mol. The first-order valence-electron chi connectivity index (χ1n) is 6.37. The highest BCUT2D eigenvalue weighted by Gasteiger charge is 2.19. The van der Waals surface area contributed by atoms with Crippen LogP contribution in [0.3, 0.4) is 0 Å². The van der Waals surface area contributed by atoms with Crippen molar-refractivity contribution in [1.29, 1.82) is 0 Å². The van der Waals surface area contributed by atoms with Crippen LogP contribution in [-0.4, -0.2) is 16.3 Å². The smallest absolute Gasteiger partial charge is 0.0834 e. The maximum Gasteiger partial charge on any atom is 0.0834 e. The minimum Gasteiger partial charge on any atom is -0.309 e. The van der Waals surface area contributed by atoms with E-state index in [1.807, 2.05) is 25.2 Å². The van der Waals surface area contributed by atoms with Gasteiger partial charge >= 0.3 is 0 Å². The first-order valence-corrected chi connectivity index (χ1v) is 7.51. The minimum absolute atomic E-state index is 0.0808. The number of nitrogens with one attached hydrogen (secondary N) is 1. The summed E-state index contributed by atoms with van der Waals surface area (Å²) in [6, 6.07) is 5.76. The maximum atomic E-state index is 6.23. The molecule has 2 aromatic rings. The Hall–Kier alpha value is -0.740. The van der Waals surface area contributed by atoms with Gasteiger partial charge in [-0.1, -0.05) is 47.8 Å². The van der Waals surface area contributed by atoms with Gasteiger partial charge in [-0.15, -0.1) is 0 Å². The minimum atomic E-state index is 0.0808. The van der Waals surface area contributed by atoms with Gasteiger partial charge < -0.3 is 5.32 Å². The number of hydrogen-bond donors (Lipinski definition) is 1. The molecule has 0 aliphatic heterocycles. The summed E-state index contributed by atoms with van der Waals surface area (Å²) in [6.07, 6.45) is 2.43. The van der Waals surface area contributed by atoms with Crippen LogP contribution in [0.5, 0.6) is 0 Å². The van der Waals surface area contributed by atoms with Gasteiger partial charge in [0, 0.05) is 7.05 Å². The van der Waals surface area contributed by atoms with Crippen LogP contribution in [0.2, 0.25) is 15.1 Å². The number of likely N-dealkylation sites (N-methyl/N-ethyl adjacent to an activating group) is 1. The Balaban J connectivity index is 2.28. The molecule has 0 saturated carbocycles. The molecule has 0 saturated heterocycles. The molecule has 1 aromatic heterocycles. The second-order valence-electron chi connectivity index (χ2n) is 4.56. The molecular formula is C14H16Cl3N3. The third kappa shape index (κ3) is 3.47. The Morgan fingerprint density at radius 2 is 1.95 bits per heavy atom. The van der Waals surface area contributed by atoms with Crippen molar-refractivity contribution in [2.75, 3.05) is 6.54 Å². The van der Waals surface area contributed by atoms with Crippen molar-refractivity contribution in [1.82, 2.24) is 15.1 Å². The summed E-state index contributed by atoms with van der Waals surface area (Å²) in [5, 5.41) is 9.41. The van der Waals surface area contributed by atoms with E-state index in [4.69, 9.17) is 34.8 Å². The molecule has 2 rings (SSSR count). The van der Waals surface area contributed by atoms with E-state index in [2.05, 4.69) is 17.3 Å². The number of halogens is 3. The van der Waals surface area contributed by atoms with Gasteiger partial charge in [0.05, 0.1) is 33.0 Å². The van der Waals surface area contributed by atoms with E-state index in [0.29, 0.717) is 15.1 Å². The third-order valence-corrected chi connectivity index (χ3v) is 4.17. The molecule has 20 heavy (non-hydrogen) atoms. The van der Waals surface area contributed by atoms with E-state index in [1.165, 1.54) is 0 Å². The number of benzene rings is 1. The van der Waals surface area contributed by atoms with Crippen LogP contribution < -0.4 is 5.32 Å². The molecule has 1 aromatic carbocycles. The van der Waals surface area contributed by atoms with Gasteiger partial charge in [0.1, 0.15) is 0 Å². The lowest BCUT2D eigenvalue weighted by molar-refractivity contribution is 0.508. The fourth-order valence-corrected chi connectivity index (χ4v) is 2.84. The molecule has 0 amide bonds. The molecule has 6 heteroatoms. The molecular weight excluding hydrogens is 317 g/mol. The maximum absolute atomic E-state index is 6.23. The quantitative estimate of drug-likeness (QED) is 0.886. The monoisotopic (exact) mass is 331 g/mol. The van der Waals surface area contributed by atoms with Crippen LogP contribution in [0.25, 0.3) is 0 Å². The van der Waals surface area contributed by atoms with Crippen LogP contribution in [0, 0.1) is 0 Å². The van der Waals surface area contributed by atoms with E-state index in [-0.39, 0.29) is 6.04 Å². The summed E-state index contributed by atoms with van der Waals surface area (Å²) in [7, 11) is 1.89. The van der Waals surface area contributed by atoms with Crippen LogP contribution >= 0.6 is 34.8 Å². The topological polar surface area (TPSA) is 29.9 Å². The molecule has 0 aliphatic rings. The predicted octanol–water partition coefficient (Wildman–Crippen LogP) is 4.27. The van der Waals surface area contributed by atoms with Gasteiger partial charge in [0.2, 0.25) is 0 Å². The third-order valence-electron chi connectivity index (χ3n) is 3.14. The normalized spacial score (nSPS) is 12.7. The Bertz CT molecular complexity index is 576. The summed E-state index contributed by atoms with van der Waals surface area (Å²) in [6.45, 7) is 2.90. The molecule has 1 atom stereocenters. The average molecular weight is 333 g/mol. The van der Waals surface area contributed by atoms with Gasteiger partial charge in [-0.05, 0) is 30.7 Å². The zero-order chi connectivity index (χ0) is 14.7. The zero-order valence-corrected chi connectivity index (χ0v) is 13.6. The molecule has 0 radical (unpaired) electrons. The fourth-order valence-electron chi connectivity index (χ4n) is 2.23. The Kier molecular flexibility index (Phi) is 5.33. The van der Waals surface area contributed by atoms with E-state index in [0.717, 1.165) is 24.2 Å². The SMILES string of the molecule is CCNC(Cc1ccc(Cl)c(Cl)c1)c1c(Cl)cnn1C. The summed E-state index contributed by atoms with van der Waals surface area (Å²) >= 11 is 18.2. The van der Waals surface area contributed by atoms with Gasteiger partial charge in [-0.25, -0.2) is 0 Å². The van der Waals surface area contributed by atoms with Crippen LogP contribution in [0.4, 0.5) is 0 Å². The largest absolute Gasteiger partial charge is 0.309 e. The van der Waals surface area contributed by atoms with Crippen LogP contribution in [-0.2, 0) is 13.5 Å². The van der Waals surface area contributed by atoms with E-state index >= 15 is 0 Å². The fraction of sp³-hybridized carbons (Fsp3) is 0.357. The van der Waals surface area contributed by atoms with Crippen molar-refractivity contribution in [2.45, 2.75) is 19.4 Å². The highest BCUT2D eigenvalue weighted by atomic mass is 35.5. The average Bonchev–Trinajstić information content (AvgIpc) is 2.73. The lowest BCUT2D eigenvalue weighted by atomic mass is 10.0. The lowest BCUT2D eigenvalue weighted by Crippen LogP contribution is -2.25. The molecule has 1 N–H and O–H groups in total. The van der Waals surface area contributed by atoms with E-state index in [1.54, 1.807) is 10.9 Å². The van der Waals surface area contributed by atoms with Crippen molar-refractivity contribution in [3.8, 4) is 0 Å². The van der Waals surface area contributed by atoms with Crippen molar-refractivity contribution in [3.63, 3.8) is 0 Å². The molecule has 0 spiro atoms. The van der Waals surface area contributed by atoms with Gasteiger partial charge in [-0.3, -0.25) is 4.68 Å². The Morgan fingerprint density at radius 3 is 2.50 bits per heavy atom. The molecule has 0 bridgehead atoms. The Morgan fingerprint density at radius 1 is 1.20 bits per heavy atom. The number of aromatic nitrogens is 2. The van der Waals surface area contributed by atoms with Crippen molar-refractivity contribution in [2.24, 2.45) is 7.05 Å². The first-order chi connectivity index (χ1) is 9.52. The van der Waals surface area contributed by atoms with Crippen molar-refractivity contribution >= 4 is 34.8 Å². The highest BCUT2D eigenvalue weighted by Crippen LogP contribution is 2.28. The number of rotatable bonds is 5. The number of hydrogen-bond acceptors (Lipinski definition) is 2. The summed E-state index contributed by atoms with van der Waals surface area (Å²) in [4.78, 5) is 0. The lowest BCUT2D eigenvalue weighted by Gasteiger charge is -2.19. The van der Waals surface area contributed by atoms with Gasteiger partial charge in [0.25, 0.3) is 0 Å². The summed E-state index contributed by atoms with van der Waals surface area (Å²) in [5.41, 5.74) is 2.07. The Labute approximate surface area is 133 Å². The van der Waals surface area contributed by atoms with Crippen LogP contribution in [0.15, 0.2) is 24.4 Å². The van der Waals surface area contributed by atoms with E-state index < -0.39 is 0 Å². The number of nitrogens with zero attached hydrogens (tertiary/aromatic N) is 2.